The van der Waals surface area contributed by atoms with E-state index in [1.165, 1.54) is 4.57 Å². The molecule has 1 aliphatic heterocycles. The summed E-state index contributed by atoms with van der Waals surface area (Å²) in [7, 11) is 0. The van der Waals surface area contributed by atoms with E-state index in [9.17, 15) is 9.59 Å². The van der Waals surface area contributed by atoms with Crippen LogP contribution in [0.5, 0.6) is 0 Å². The maximum Gasteiger partial charge on any atom is 0.253 e. The number of aryl methyl sites for hydroxylation is 1. The molecule has 1 fully saturated rings. The van der Waals surface area contributed by atoms with Gasteiger partial charge in [-0.15, -0.1) is 0 Å². The van der Waals surface area contributed by atoms with Crippen LogP contribution in [0.4, 0.5) is 5.95 Å². The zero-order chi connectivity index (χ0) is 16.2. The lowest BCUT2D eigenvalue weighted by Gasteiger charge is -2.34. The van der Waals surface area contributed by atoms with E-state index in [0.717, 1.165) is 0 Å². The summed E-state index contributed by atoms with van der Waals surface area (Å²) in [5.41, 5.74) is 0.531. The van der Waals surface area contributed by atoms with Gasteiger partial charge in [-0.25, -0.2) is 9.97 Å². The fraction of sp³-hybridized carbons (Fsp3) is 0.375. The number of carbonyl (C=O) groups is 1. The Kier molecular flexibility index (Phi) is 4.36. The number of aromatic nitrogens is 3. The molecule has 0 atom stereocenters. The fourth-order valence-electron chi connectivity index (χ4n) is 2.64. The second-order valence-corrected chi connectivity index (χ2v) is 5.54. The van der Waals surface area contributed by atoms with Gasteiger partial charge in [0.15, 0.2) is 0 Å². The Morgan fingerprint density at radius 3 is 2.52 bits per heavy atom. The van der Waals surface area contributed by atoms with Crippen molar-refractivity contribution < 1.29 is 4.79 Å². The van der Waals surface area contributed by atoms with E-state index < -0.39 is 0 Å². The Morgan fingerprint density at radius 1 is 1.13 bits per heavy atom. The van der Waals surface area contributed by atoms with Crippen molar-refractivity contribution in [3.05, 3.63) is 52.7 Å². The van der Waals surface area contributed by atoms with Crippen molar-refractivity contribution in [1.29, 1.82) is 0 Å². The first-order valence-electron chi connectivity index (χ1n) is 7.61. The molecule has 0 radical (unpaired) electrons. The van der Waals surface area contributed by atoms with Gasteiger partial charge in [-0.2, -0.15) is 0 Å². The quantitative estimate of drug-likeness (QED) is 0.815. The molecule has 23 heavy (non-hydrogen) atoms. The van der Waals surface area contributed by atoms with Crippen LogP contribution in [-0.4, -0.2) is 51.5 Å². The highest BCUT2D eigenvalue weighted by molar-refractivity contribution is 5.76. The minimum absolute atomic E-state index is 0.0358. The standard InChI is InChI=1S/C16H19N5O2/c1-13-4-2-7-21(15(13)23)12-14(22)19-8-10-20(11-9-19)16-17-5-3-6-18-16/h2-7H,8-12H2,1H3. The van der Waals surface area contributed by atoms with E-state index in [4.69, 9.17) is 0 Å². The number of nitrogens with zero attached hydrogens (tertiary/aromatic N) is 5. The van der Waals surface area contributed by atoms with Gasteiger partial charge in [0.1, 0.15) is 6.54 Å². The van der Waals surface area contributed by atoms with Crippen molar-refractivity contribution in [3.63, 3.8) is 0 Å². The van der Waals surface area contributed by atoms with Crippen molar-refractivity contribution in [3.8, 4) is 0 Å². The van der Waals surface area contributed by atoms with E-state index in [2.05, 4.69) is 14.9 Å². The lowest BCUT2D eigenvalue weighted by atomic mass is 10.3. The van der Waals surface area contributed by atoms with Crippen molar-refractivity contribution in [1.82, 2.24) is 19.4 Å². The molecule has 120 valence electrons. The maximum atomic E-state index is 12.4. The van der Waals surface area contributed by atoms with E-state index in [-0.39, 0.29) is 18.0 Å². The molecule has 1 aliphatic rings. The normalized spacial score (nSPS) is 14.8. The summed E-state index contributed by atoms with van der Waals surface area (Å²) in [5.74, 6) is 0.654. The average Bonchev–Trinajstić information content (AvgIpc) is 2.60. The summed E-state index contributed by atoms with van der Waals surface area (Å²) in [6.07, 6.45) is 5.08. The molecular weight excluding hydrogens is 294 g/mol. The van der Waals surface area contributed by atoms with Gasteiger partial charge in [-0.1, -0.05) is 6.07 Å². The maximum absolute atomic E-state index is 12.4. The molecule has 3 rings (SSSR count). The number of piperazine rings is 1. The number of amides is 1. The monoisotopic (exact) mass is 313 g/mol. The summed E-state index contributed by atoms with van der Waals surface area (Å²) >= 11 is 0. The Balaban J connectivity index is 1.60. The Morgan fingerprint density at radius 2 is 1.83 bits per heavy atom. The van der Waals surface area contributed by atoms with E-state index in [1.807, 2.05) is 0 Å². The van der Waals surface area contributed by atoms with Crippen molar-refractivity contribution in [2.45, 2.75) is 13.5 Å². The Bertz CT molecular complexity index is 736. The molecule has 7 heteroatoms. The molecule has 1 saturated heterocycles. The lowest BCUT2D eigenvalue weighted by molar-refractivity contribution is -0.132. The fourth-order valence-corrected chi connectivity index (χ4v) is 2.64. The van der Waals surface area contributed by atoms with Gasteiger partial charge in [0, 0.05) is 50.3 Å². The third-order valence-corrected chi connectivity index (χ3v) is 3.98. The summed E-state index contributed by atoms with van der Waals surface area (Å²) in [6.45, 7) is 4.44. The van der Waals surface area contributed by atoms with Crippen LogP contribution < -0.4 is 10.5 Å². The molecular formula is C16H19N5O2. The molecule has 0 aliphatic carbocycles. The summed E-state index contributed by atoms with van der Waals surface area (Å²) < 4.78 is 1.46. The van der Waals surface area contributed by atoms with Crippen LogP contribution in [0.3, 0.4) is 0 Å². The van der Waals surface area contributed by atoms with Gasteiger partial charge >= 0.3 is 0 Å². The predicted molar refractivity (Wildman–Crippen MR) is 86.3 cm³/mol. The van der Waals surface area contributed by atoms with E-state index in [0.29, 0.717) is 37.7 Å². The lowest BCUT2D eigenvalue weighted by Crippen LogP contribution is -2.50. The van der Waals surface area contributed by atoms with Crippen LogP contribution in [0.15, 0.2) is 41.6 Å². The van der Waals surface area contributed by atoms with Crippen molar-refractivity contribution >= 4 is 11.9 Å². The predicted octanol–water partition coefficient (Wildman–Crippen LogP) is 0.296. The number of carbonyl (C=O) groups excluding carboxylic acids is 1. The third-order valence-electron chi connectivity index (χ3n) is 3.98. The Hall–Kier alpha value is -2.70. The van der Waals surface area contributed by atoms with Gasteiger partial charge in [-0.05, 0) is 19.1 Å². The molecule has 2 aromatic heterocycles. The van der Waals surface area contributed by atoms with Crippen molar-refractivity contribution in [2.24, 2.45) is 0 Å². The second-order valence-electron chi connectivity index (χ2n) is 5.54. The molecule has 0 N–H and O–H groups in total. The first-order chi connectivity index (χ1) is 11.1. The summed E-state index contributed by atoms with van der Waals surface area (Å²) in [5, 5.41) is 0. The molecule has 1 amide bonds. The number of hydrogen-bond acceptors (Lipinski definition) is 5. The minimum Gasteiger partial charge on any atom is -0.338 e. The number of hydrogen-bond donors (Lipinski definition) is 0. The molecule has 0 unspecified atom stereocenters. The van der Waals surface area contributed by atoms with E-state index >= 15 is 0 Å². The molecule has 0 bridgehead atoms. The largest absolute Gasteiger partial charge is 0.338 e. The van der Waals surface area contributed by atoms with Crippen LogP contribution in [0, 0.1) is 6.92 Å². The van der Waals surface area contributed by atoms with Gasteiger partial charge < -0.3 is 14.4 Å². The second kappa shape index (κ2) is 6.60. The minimum atomic E-state index is -0.114. The Labute approximate surface area is 134 Å². The highest BCUT2D eigenvalue weighted by Crippen LogP contribution is 2.10. The number of rotatable bonds is 3. The van der Waals surface area contributed by atoms with Crippen LogP contribution in [0.2, 0.25) is 0 Å². The molecule has 2 aromatic rings. The molecule has 0 spiro atoms. The summed E-state index contributed by atoms with van der Waals surface area (Å²) in [4.78, 5) is 36.7. The highest BCUT2D eigenvalue weighted by Gasteiger charge is 2.22. The van der Waals surface area contributed by atoms with Crippen LogP contribution in [0.25, 0.3) is 0 Å². The smallest absolute Gasteiger partial charge is 0.253 e. The molecule has 0 saturated carbocycles. The average molecular weight is 313 g/mol. The van der Waals surface area contributed by atoms with E-state index in [1.54, 1.807) is 48.6 Å². The topological polar surface area (TPSA) is 71.3 Å². The van der Waals surface area contributed by atoms with Crippen LogP contribution in [-0.2, 0) is 11.3 Å². The zero-order valence-electron chi connectivity index (χ0n) is 13.1. The third kappa shape index (κ3) is 3.39. The first kappa shape index (κ1) is 15.2. The van der Waals surface area contributed by atoms with Gasteiger partial charge in [-0.3, -0.25) is 9.59 Å². The zero-order valence-corrected chi connectivity index (χ0v) is 13.1. The highest BCUT2D eigenvalue weighted by atomic mass is 16.2. The van der Waals surface area contributed by atoms with Crippen LogP contribution in [0.1, 0.15) is 5.56 Å². The van der Waals surface area contributed by atoms with Crippen LogP contribution >= 0.6 is 0 Å². The number of anilines is 1. The summed E-state index contributed by atoms with van der Waals surface area (Å²) in [6, 6.07) is 5.32. The molecule has 0 aromatic carbocycles. The SMILES string of the molecule is Cc1cccn(CC(=O)N2CCN(c3ncccn3)CC2)c1=O. The van der Waals surface area contributed by atoms with Gasteiger partial charge in [0.25, 0.3) is 5.56 Å². The number of pyridine rings is 1. The molecule has 7 nitrogen and oxygen atoms in total. The first-order valence-corrected chi connectivity index (χ1v) is 7.61. The van der Waals surface area contributed by atoms with Gasteiger partial charge in [0.05, 0.1) is 0 Å². The van der Waals surface area contributed by atoms with Gasteiger partial charge in [0.2, 0.25) is 11.9 Å². The van der Waals surface area contributed by atoms with Crippen molar-refractivity contribution in [2.75, 3.05) is 31.1 Å². The molecule has 3 heterocycles.